The van der Waals surface area contributed by atoms with Gasteiger partial charge < -0.3 is 20.3 Å². The number of rotatable bonds is 8. The first kappa shape index (κ1) is 22.1. The summed E-state index contributed by atoms with van der Waals surface area (Å²) in [6.07, 6.45) is 3.33. The lowest BCUT2D eigenvalue weighted by molar-refractivity contribution is 0.0697. The Balaban J connectivity index is 1.39. The summed E-state index contributed by atoms with van der Waals surface area (Å²) in [6.45, 7) is 0.585. The van der Waals surface area contributed by atoms with Crippen LogP contribution in [0.4, 0.5) is 5.69 Å². The molecule has 3 aromatic carbocycles. The third kappa shape index (κ3) is 5.78. The van der Waals surface area contributed by atoms with Gasteiger partial charge in [0, 0.05) is 34.2 Å². The molecule has 1 aromatic heterocycles. The number of hydrogen-bond donors (Lipinski definition) is 2. The first-order valence-corrected chi connectivity index (χ1v) is 10.4. The second-order valence-electron chi connectivity index (χ2n) is 7.20. The fraction of sp³-hybridized carbons (Fsp3) is 0.0800. The summed E-state index contributed by atoms with van der Waals surface area (Å²) >= 11 is 6.02. The van der Waals surface area contributed by atoms with Gasteiger partial charge in [-0.15, -0.1) is 0 Å². The summed E-state index contributed by atoms with van der Waals surface area (Å²) in [4.78, 5) is 20.0. The lowest BCUT2D eigenvalue weighted by atomic mass is 10.2. The van der Waals surface area contributed by atoms with Crippen LogP contribution in [-0.2, 0) is 13.2 Å². The van der Waals surface area contributed by atoms with E-state index < -0.39 is 5.97 Å². The zero-order chi connectivity index (χ0) is 23.2. The van der Waals surface area contributed by atoms with Gasteiger partial charge in [-0.05, 0) is 48.0 Å². The van der Waals surface area contributed by atoms with Crippen molar-refractivity contribution in [1.29, 1.82) is 0 Å². The highest BCUT2D eigenvalue weighted by atomic mass is 35.5. The number of carboxylic acid groups (broad SMARTS) is 1. The lowest BCUT2D eigenvalue weighted by Crippen LogP contribution is -2.04. The zero-order valence-corrected chi connectivity index (χ0v) is 18.2. The van der Waals surface area contributed by atoms with Gasteiger partial charge in [-0.2, -0.15) is 0 Å². The largest absolute Gasteiger partial charge is 0.489 e. The summed E-state index contributed by atoms with van der Waals surface area (Å²) in [7, 11) is 0. The Hall–Kier alpha value is -4.10. The zero-order valence-electron chi connectivity index (χ0n) is 17.4. The van der Waals surface area contributed by atoms with E-state index in [-0.39, 0.29) is 17.9 Å². The molecule has 166 valence electrons. The minimum absolute atomic E-state index is 0.00318. The number of anilines is 1. The molecule has 0 amide bonds. The molecule has 0 aliphatic heterocycles. The van der Waals surface area contributed by atoms with Gasteiger partial charge in [-0.1, -0.05) is 35.9 Å². The van der Waals surface area contributed by atoms with Crippen molar-refractivity contribution in [1.82, 2.24) is 9.97 Å². The molecule has 0 radical (unpaired) electrons. The Morgan fingerprint density at radius 2 is 1.58 bits per heavy atom. The van der Waals surface area contributed by atoms with E-state index in [2.05, 4.69) is 9.97 Å². The van der Waals surface area contributed by atoms with Crippen molar-refractivity contribution in [2.75, 3.05) is 5.73 Å². The second kappa shape index (κ2) is 10.0. The smallest absolute Gasteiger partial charge is 0.337 e. The van der Waals surface area contributed by atoms with E-state index in [1.807, 2.05) is 48.5 Å². The fourth-order valence-electron chi connectivity index (χ4n) is 3.07. The molecule has 0 saturated carbocycles. The quantitative estimate of drug-likeness (QED) is 0.345. The summed E-state index contributed by atoms with van der Waals surface area (Å²) in [5.74, 6) is 0.535. The summed E-state index contributed by atoms with van der Waals surface area (Å²) in [6, 6.07) is 19.5. The fourth-order valence-corrected chi connectivity index (χ4v) is 3.29. The first-order valence-electron chi connectivity index (χ1n) is 10.0. The predicted octanol–water partition coefficient (Wildman–Crippen LogP) is 5.24. The van der Waals surface area contributed by atoms with Crippen molar-refractivity contribution in [3.8, 4) is 22.9 Å². The van der Waals surface area contributed by atoms with Gasteiger partial charge in [0.15, 0.2) is 5.82 Å². The molecule has 0 saturated heterocycles. The van der Waals surface area contributed by atoms with Gasteiger partial charge in [-0.25, -0.2) is 14.8 Å². The van der Waals surface area contributed by atoms with E-state index in [4.69, 9.17) is 31.9 Å². The summed E-state index contributed by atoms with van der Waals surface area (Å²) in [5.41, 5.74) is 8.37. The molecule has 0 bridgehead atoms. The molecule has 33 heavy (non-hydrogen) atoms. The summed E-state index contributed by atoms with van der Waals surface area (Å²) < 4.78 is 11.5. The molecule has 4 rings (SSSR count). The van der Waals surface area contributed by atoms with Crippen molar-refractivity contribution in [3.63, 3.8) is 0 Å². The van der Waals surface area contributed by atoms with Gasteiger partial charge in [0.2, 0.25) is 0 Å². The van der Waals surface area contributed by atoms with Gasteiger partial charge in [0.1, 0.15) is 24.7 Å². The number of carbonyl (C=O) groups is 1. The minimum atomic E-state index is -1.11. The van der Waals surface area contributed by atoms with Gasteiger partial charge in [0.25, 0.3) is 0 Å². The highest BCUT2D eigenvalue weighted by molar-refractivity contribution is 6.30. The number of aromatic carboxylic acids is 1. The van der Waals surface area contributed by atoms with Gasteiger partial charge in [0.05, 0.1) is 5.56 Å². The van der Waals surface area contributed by atoms with E-state index in [9.17, 15) is 4.79 Å². The van der Waals surface area contributed by atoms with Gasteiger partial charge in [-0.3, -0.25) is 0 Å². The normalized spacial score (nSPS) is 10.6. The van der Waals surface area contributed by atoms with Crippen molar-refractivity contribution in [2.24, 2.45) is 0 Å². The van der Waals surface area contributed by atoms with Crippen LogP contribution in [0.5, 0.6) is 11.5 Å². The molecule has 0 aliphatic carbocycles. The monoisotopic (exact) mass is 461 g/mol. The number of nitrogens with zero attached hydrogens (tertiary/aromatic N) is 2. The Morgan fingerprint density at radius 3 is 2.30 bits per heavy atom. The van der Waals surface area contributed by atoms with E-state index in [1.165, 1.54) is 12.1 Å². The second-order valence-corrected chi connectivity index (χ2v) is 7.64. The predicted molar refractivity (Wildman–Crippen MR) is 125 cm³/mol. The van der Waals surface area contributed by atoms with Crippen LogP contribution in [0.2, 0.25) is 5.02 Å². The van der Waals surface area contributed by atoms with Crippen molar-refractivity contribution in [2.45, 2.75) is 13.2 Å². The average Bonchev–Trinajstić information content (AvgIpc) is 2.83. The molecule has 1 heterocycles. The average molecular weight is 462 g/mol. The molecule has 8 heteroatoms. The maximum Gasteiger partial charge on any atom is 0.337 e. The van der Waals surface area contributed by atoms with Crippen LogP contribution < -0.4 is 15.2 Å². The standard InChI is InChI=1S/C25H20ClN3O4/c26-19-5-1-3-16(9-19)14-32-20-6-2-4-18(10-20)24-28-12-17(13-29-24)15-33-21-7-8-23(27)22(11-21)25(30)31/h1-13H,14-15,27H2,(H,30,31). The number of benzene rings is 3. The molecule has 0 unspecified atom stereocenters. The van der Waals surface area contributed by atoms with E-state index in [0.717, 1.165) is 16.7 Å². The summed E-state index contributed by atoms with van der Waals surface area (Å²) in [5, 5.41) is 9.83. The van der Waals surface area contributed by atoms with Crippen LogP contribution in [0.25, 0.3) is 11.4 Å². The first-order chi connectivity index (χ1) is 16.0. The maximum atomic E-state index is 11.2. The molecular formula is C25H20ClN3O4. The van der Waals surface area contributed by atoms with E-state index >= 15 is 0 Å². The Labute approximate surface area is 195 Å². The van der Waals surface area contributed by atoms with E-state index in [0.29, 0.717) is 29.0 Å². The molecule has 3 N–H and O–H groups in total. The van der Waals surface area contributed by atoms with Crippen LogP contribution >= 0.6 is 11.6 Å². The van der Waals surface area contributed by atoms with Crippen molar-refractivity contribution >= 4 is 23.3 Å². The Bertz CT molecular complexity index is 1280. The third-order valence-corrected chi connectivity index (χ3v) is 4.99. The Kier molecular flexibility index (Phi) is 6.71. The number of nitrogens with two attached hydrogens (primary N) is 1. The SMILES string of the molecule is Nc1ccc(OCc2cnc(-c3cccc(OCc4cccc(Cl)c4)c3)nc2)cc1C(=O)O. The van der Waals surface area contributed by atoms with Crippen LogP contribution in [0, 0.1) is 0 Å². The molecule has 4 aromatic rings. The number of carboxylic acids is 1. The van der Waals surface area contributed by atoms with E-state index in [1.54, 1.807) is 18.5 Å². The topological polar surface area (TPSA) is 108 Å². The molecule has 0 aliphatic rings. The van der Waals surface area contributed by atoms with Crippen LogP contribution in [0.15, 0.2) is 79.1 Å². The van der Waals surface area contributed by atoms with Crippen LogP contribution in [0.1, 0.15) is 21.5 Å². The highest BCUT2D eigenvalue weighted by Crippen LogP contribution is 2.23. The number of aromatic nitrogens is 2. The van der Waals surface area contributed by atoms with Gasteiger partial charge >= 0.3 is 5.97 Å². The molecular weight excluding hydrogens is 442 g/mol. The van der Waals surface area contributed by atoms with Crippen LogP contribution in [0.3, 0.4) is 0 Å². The van der Waals surface area contributed by atoms with Crippen molar-refractivity contribution in [3.05, 3.63) is 101 Å². The third-order valence-electron chi connectivity index (χ3n) is 4.75. The lowest BCUT2D eigenvalue weighted by Gasteiger charge is -2.09. The van der Waals surface area contributed by atoms with Crippen LogP contribution in [-0.4, -0.2) is 21.0 Å². The molecule has 7 nitrogen and oxygen atoms in total. The number of hydrogen-bond acceptors (Lipinski definition) is 6. The molecule has 0 spiro atoms. The molecule has 0 fully saturated rings. The minimum Gasteiger partial charge on any atom is -0.489 e. The highest BCUT2D eigenvalue weighted by Gasteiger charge is 2.10. The number of halogens is 1. The van der Waals surface area contributed by atoms with Crippen molar-refractivity contribution < 1.29 is 19.4 Å². The molecule has 0 atom stereocenters. The number of ether oxygens (including phenoxy) is 2. The number of nitrogen functional groups attached to an aromatic ring is 1. The maximum absolute atomic E-state index is 11.2. The Morgan fingerprint density at radius 1 is 0.879 bits per heavy atom.